The van der Waals surface area contributed by atoms with Crippen LogP contribution >= 0.6 is 0 Å². The van der Waals surface area contributed by atoms with E-state index in [0.29, 0.717) is 19.7 Å². The lowest BCUT2D eigenvalue weighted by Crippen LogP contribution is -2.53. The van der Waals surface area contributed by atoms with Crippen LogP contribution in [0, 0.1) is 0 Å². The van der Waals surface area contributed by atoms with Gasteiger partial charge in [-0.1, -0.05) is 30.3 Å². The van der Waals surface area contributed by atoms with Crippen molar-refractivity contribution in [3.8, 4) is 5.75 Å². The van der Waals surface area contributed by atoms with Gasteiger partial charge in [-0.05, 0) is 5.56 Å². The first-order valence-electron chi connectivity index (χ1n) is 9.37. The molecule has 2 aromatic rings. The van der Waals surface area contributed by atoms with Crippen molar-refractivity contribution in [1.82, 2.24) is 20.0 Å². The van der Waals surface area contributed by atoms with E-state index in [4.69, 9.17) is 4.74 Å². The number of nitrogens with one attached hydrogen (secondary N) is 1. The molecule has 2 amide bonds. The van der Waals surface area contributed by atoms with Crippen LogP contribution in [0.3, 0.4) is 0 Å². The molecule has 1 aromatic carbocycles. The van der Waals surface area contributed by atoms with Gasteiger partial charge in [-0.2, -0.15) is 0 Å². The van der Waals surface area contributed by atoms with Crippen LogP contribution in [0.2, 0.25) is 0 Å². The first-order chi connectivity index (χ1) is 14.3. The van der Waals surface area contributed by atoms with Gasteiger partial charge in [-0.3, -0.25) is 29.5 Å². The van der Waals surface area contributed by atoms with E-state index in [0.717, 1.165) is 5.56 Å². The highest BCUT2D eigenvalue weighted by Gasteiger charge is 2.33. The minimum absolute atomic E-state index is 0.181. The van der Waals surface area contributed by atoms with Crippen LogP contribution < -0.4 is 15.9 Å². The number of carbonyl (C=O) groups is 2. The summed E-state index contributed by atoms with van der Waals surface area (Å²) < 4.78 is 6.33. The summed E-state index contributed by atoms with van der Waals surface area (Å²) in [6.45, 7) is 1.27. The zero-order valence-corrected chi connectivity index (χ0v) is 17.2. The Bertz CT molecular complexity index is 991. The molecule has 0 saturated carbocycles. The van der Waals surface area contributed by atoms with Crippen LogP contribution in [0.1, 0.15) is 26.4 Å². The molecule has 2 N–H and O–H groups in total. The predicted molar refractivity (Wildman–Crippen MR) is 110 cm³/mol. The Morgan fingerprint density at radius 1 is 1.27 bits per heavy atom. The smallest absolute Gasteiger partial charge is 0.277 e. The molecule has 10 nitrogen and oxygen atoms in total. The van der Waals surface area contributed by atoms with Gasteiger partial charge >= 0.3 is 0 Å². The Balaban J connectivity index is 1.85. The largest absolute Gasteiger partial charge is 0.502 e. The van der Waals surface area contributed by atoms with Gasteiger partial charge in [-0.15, -0.1) is 0 Å². The number of fused-ring (bicyclic) bond motifs is 1. The molecule has 0 saturated heterocycles. The number of rotatable bonds is 7. The average Bonchev–Trinajstić information content (AvgIpc) is 2.72. The number of hydrogen-bond donors (Lipinski definition) is 2. The number of hydrogen-bond acceptors (Lipinski definition) is 7. The summed E-state index contributed by atoms with van der Waals surface area (Å²) in [4.78, 5) is 39.5. The van der Waals surface area contributed by atoms with Gasteiger partial charge in [0.05, 0.1) is 6.61 Å². The number of aromatic nitrogens is 1. The van der Waals surface area contributed by atoms with Crippen LogP contribution in [0.15, 0.2) is 41.3 Å². The van der Waals surface area contributed by atoms with Gasteiger partial charge in [0.1, 0.15) is 12.2 Å². The van der Waals surface area contributed by atoms with Crippen LogP contribution in [-0.2, 0) is 11.3 Å². The molecule has 0 radical (unpaired) electrons. The van der Waals surface area contributed by atoms with Crippen LogP contribution in [0.25, 0.3) is 0 Å². The summed E-state index contributed by atoms with van der Waals surface area (Å²) in [6, 6.07) is 9.51. The number of aromatic hydroxyl groups is 1. The minimum Gasteiger partial charge on any atom is -0.502 e. The maximum atomic E-state index is 12.7. The van der Waals surface area contributed by atoms with Crippen molar-refractivity contribution in [1.29, 1.82) is 0 Å². The number of methoxy groups -OCH3 is 1. The molecule has 0 fully saturated rings. The van der Waals surface area contributed by atoms with Crippen molar-refractivity contribution in [2.24, 2.45) is 0 Å². The summed E-state index contributed by atoms with van der Waals surface area (Å²) in [6.07, 6.45) is 1.27. The molecule has 2 heterocycles. The van der Waals surface area contributed by atoms with Gasteiger partial charge in [0.2, 0.25) is 5.43 Å². The highest BCUT2D eigenvalue weighted by Crippen LogP contribution is 2.20. The molecule has 10 heteroatoms. The van der Waals surface area contributed by atoms with E-state index in [2.05, 4.69) is 5.43 Å². The molecular weight excluding hydrogens is 390 g/mol. The summed E-state index contributed by atoms with van der Waals surface area (Å²) in [7, 11) is 4.88. The Kier molecular flexibility index (Phi) is 6.38. The van der Waals surface area contributed by atoms with Gasteiger partial charge in [0.15, 0.2) is 11.4 Å². The van der Waals surface area contributed by atoms with E-state index < -0.39 is 23.0 Å². The molecular formula is C20H25N5O5. The van der Waals surface area contributed by atoms with Crippen LogP contribution in [0.5, 0.6) is 5.75 Å². The van der Waals surface area contributed by atoms with Gasteiger partial charge in [0, 0.05) is 40.5 Å². The lowest BCUT2D eigenvalue weighted by atomic mass is 10.2. The molecule has 0 bridgehead atoms. The molecule has 0 aliphatic carbocycles. The lowest BCUT2D eigenvalue weighted by Gasteiger charge is -2.37. The fraction of sp³-hybridized carbons (Fsp3) is 0.350. The standard InChI is InChI=1S/C20H25N5O5/c1-22(11-14-7-5-4-6-8-14)21-19(28)15-12-25-16(18(27)17(15)26)20(29)24(9-10-30-3)13-23(25)2/h4-8,12,27H,9-11,13H2,1-3H3,(H,21,28). The van der Waals surface area contributed by atoms with E-state index >= 15 is 0 Å². The summed E-state index contributed by atoms with van der Waals surface area (Å²) >= 11 is 0. The second-order valence-corrected chi connectivity index (χ2v) is 7.06. The number of nitrogens with zero attached hydrogens (tertiary/aromatic N) is 4. The van der Waals surface area contributed by atoms with Gasteiger partial charge < -0.3 is 14.7 Å². The number of ether oxygens (including phenoxy) is 1. The topological polar surface area (TPSA) is 107 Å². The summed E-state index contributed by atoms with van der Waals surface area (Å²) in [5.74, 6) is -1.94. The third-order valence-electron chi connectivity index (χ3n) is 4.76. The summed E-state index contributed by atoms with van der Waals surface area (Å²) in [5, 5.41) is 13.6. The van der Waals surface area contributed by atoms with Gasteiger partial charge in [0.25, 0.3) is 11.8 Å². The van der Waals surface area contributed by atoms with E-state index in [-0.39, 0.29) is 17.9 Å². The first kappa shape index (κ1) is 21.3. The Morgan fingerprint density at radius 2 is 1.97 bits per heavy atom. The number of hydrazine groups is 1. The minimum atomic E-state index is -0.901. The molecule has 1 aliphatic heterocycles. The molecule has 3 rings (SSSR count). The average molecular weight is 415 g/mol. The fourth-order valence-corrected chi connectivity index (χ4v) is 3.25. The third kappa shape index (κ3) is 4.29. The van der Waals surface area contributed by atoms with Crippen LogP contribution in [0.4, 0.5) is 0 Å². The molecule has 0 atom stereocenters. The fourth-order valence-electron chi connectivity index (χ4n) is 3.25. The summed E-state index contributed by atoms with van der Waals surface area (Å²) in [5.41, 5.74) is 2.26. The zero-order valence-electron chi connectivity index (χ0n) is 17.2. The van der Waals surface area contributed by atoms with E-state index in [1.165, 1.54) is 22.9 Å². The number of amides is 2. The van der Waals surface area contributed by atoms with Crippen molar-refractivity contribution in [3.05, 3.63) is 63.6 Å². The second kappa shape index (κ2) is 8.97. The second-order valence-electron chi connectivity index (χ2n) is 7.06. The normalized spacial score (nSPS) is 13.5. The maximum Gasteiger partial charge on any atom is 0.277 e. The SMILES string of the molecule is COCCN1CN(C)n2cc(C(=O)NN(C)Cc3ccccc3)c(=O)c(O)c2C1=O. The number of pyridine rings is 1. The van der Waals surface area contributed by atoms with E-state index in [9.17, 15) is 19.5 Å². The number of benzene rings is 1. The number of carbonyl (C=O) groups excluding carboxylic acids is 2. The molecule has 30 heavy (non-hydrogen) atoms. The highest BCUT2D eigenvalue weighted by atomic mass is 16.5. The van der Waals surface area contributed by atoms with E-state index in [1.807, 2.05) is 30.3 Å². The van der Waals surface area contributed by atoms with Crippen LogP contribution in [-0.4, -0.2) is 72.5 Å². The first-order valence-corrected chi connectivity index (χ1v) is 9.37. The van der Waals surface area contributed by atoms with Crippen molar-refractivity contribution in [2.45, 2.75) is 6.54 Å². The molecule has 160 valence electrons. The van der Waals surface area contributed by atoms with Crippen molar-refractivity contribution in [3.63, 3.8) is 0 Å². The molecule has 1 aliphatic rings. The maximum absolute atomic E-state index is 12.7. The Labute approximate surface area is 173 Å². The Morgan fingerprint density at radius 3 is 2.63 bits per heavy atom. The lowest BCUT2D eigenvalue weighted by molar-refractivity contribution is 0.0627. The predicted octanol–water partition coefficient (Wildman–Crippen LogP) is -0.0418. The highest BCUT2D eigenvalue weighted by molar-refractivity contribution is 5.99. The van der Waals surface area contributed by atoms with Crippen molar-refractivity contribution in [2.75, 3.05) is 46.0 Å². The zero-order chi connectivity index (χ0) is 21.8. The Hall–Kier alpha value is -3.37. The van der Waals surface area contributed by atoms with Gasteiger partial charge in [-0.25, -0.2) is 5.01 Å². The van der Waals surface area contributed by atoms with E-state index in [1.54, 1.807) is 24.1 Å². The van der Waals surface area contributed by atoms with Crippen molar-refractivity contribution >= 4 is 11.8 Å². The third-order valence-corrected chi connectivity index (χ3v) is 4.76. The molecule has 0 spiro atoms. The monoisotopic (exact) mass is 415 g/mol. The quantitative estimate of drug-likeness (QED) is 0.611. The van der Waals surface area contributed by atoms with Crippen molar-refractivity contribution < 1.29 is 19.4 Å². The molecule has 0 unspecified atom stereocenters. The molecule has 1 aromatic heterocycles.